The number of nitrogens with zero attached hydrogens (tertiary/aromatic N) is 1. The first kappa shape index (κ1) is 13.2. The first-order valence-electron chi connectivity index (χ1n) is 5.96. The summed E-state index contributed by atoms with van der Waals surface area (Å²) in [4.78, 5) is 4.59. The van der Waals surface area contributed by atoms with Gasteiger partial charge >= 0.3 is 0 Å². The van der Waals surface area contributed by atoms with Gasteiger partial charge in [0, 0.05) is 23.0 Å². The molecule has 2 aromatic rings. The molecule has 0 spiro atoms. The van der Waals surface area contributed by atoms with Crippen LogP contribution in [-0.2, 0) is 6.54 Å². The van der Waals surface area contributed by atoms with Gasteiger partial charge in [-0.05, 0) is 13.8 Å². The highest BCUT2D eigenvalue weighted by molar-refractivity contribution is 7.09. The molecule has 1 aromatic carbocycles. The maximum absolute atomic E-state index is 9.18. The third-order valence-corrected chi connectivity index (χ3v) is 3.58. The van der Waals surface area contributed by atoms with Crippen molar-refractivity contribution in [3.8, 4) is 11.3 Å². The second-order valence-corrected chi connectivity index (χ2v) is 5.83. The molecule has 0 saturated heterocycles. The Morgan fingerprint density at radius 1 is 1.28 bits per heavy atom. The predicted molar refractivity (Wildman–Crippen MR) is 75.6 cm³/mol. The minimum Gasteiger partial charge on any atom is -0.394 e. The zero-order chi connectivity index (χ0) is 13.0. The number of benzene rings is 1. The molecule has 0 aliphatic rings. The SMILES string of the molecule is CC(C)(CO)NCc1nc(-c2ccccc2)cs1. The van der Waals surface area contributed by atoms with Gasteiger partial charge in [0.05, 0.1) is 12.3 Å². The molecule has 18 heavy (non-hydrogen) atoms. The van der Waals surface area contributed by atoms with E-state index >= 15 is 0 Å². The average molecular weight is 262 g/mol. The van der Waals surface area contributed by atoms with Gasteiger partial charge in [-0.15, -0.1) is 11.3 Å². The lowest BCUT2D eigenvalue weighted by molar-refractivity contribution is 0.187. The molecule has 3 nitrogen and oxygen atoms in total. The Balaban J connectivity index is 2.03. The number of rotatable bonds is 5. The molecular formula is C14H18N2OS. The van der Waals surface area contributed by atoms with Crippen LogP contribution in [0.25, 0.3) is 11.3 Å². The minimum absolute atomic E-state index is 0.115. The van der Waals surface area contributed by atoms with Crippen molar-refractivity contribution in [3.05, 3.63) is 40.7 Å². The molecule has 0 fully saturated rings. The number of aromatic nitrogens is 1. The van der Waals surface area contributed by atoms with Crippen LogP contribution in [0.1, 0.15) is 18.9 Å². The largest absolute Gasteiger partial charge is 0.394 e. The Morgan fingerprint density at radius 2 is 2.00 bits per heavy atom. The minimum atomic E-state index is -0.265. The lowest BCUT2D eigenvalue weighted by Crippen LogP contribution is -2.42. The van der Waals surface area contributed by atoms with Crippen molar-refractivity contribution in [3.63, 3.8) is 0 Å². The van der Waals surface area contributed by atoms with Crippen molar-refractivity contribution in [1.82, 2.24) is 10.3 Å². The number of aliphatic hydroxyl groups excluding tert-OH is 1. The van der Waals surface area contributed by atoms with Crippen molar-refractivity contribution >= 4 is 11.3 Å². The summed E-state index contributed by atoms with van der Waals surface area (Å²) in [5, 5.41) is 15.6. The Bertz CT molecular complexity index is 494. The van der Waals surface area contributed by atoms with Gasteiger partial charge in [0.15, 0.2) is 0 Å². The third-order valence-electron chi connectivity index (χ3n) is 2.73. The smallest absolute Gasteiger partial charge is 0.107 e. The first-order chi connectivity index (χ1) is 8.61. The van der Waals surface area contributed by atoms with Gasteiger partial charge in [-0.3, -0.25) is 0 Å². The Morgan fingerprint density at radius 3 is 2.67 bits per heavy atom. The molecule has 2 N–H and O–H groups in total. The molecule has 0 aliphatic carbocycles. The lowest BCUT2D eigenvalue weighted by Gasteiger charge is -2.22. The highest BCUT2D eigenvalue weighted by Gasteiger charge is 2.15. The van der Waals surface area contributed by atoms with Crippen molar-refractivity contribution < 1.29 is 5.11 Å². The van der Waals surface area contributed by atoms with Crippen molar-refractivity contribution in [2.24, 2.45) is 0 Å². The van der Waals surface area contributed by atoms with Gasteiger partial charge in [0.25, 0.3) is 0 Å². The molecule has 1 aromatic heterocycles. The molecule has 0 bridgehead atoms. The molecule has 0 unspecified atom stereocenters. The maximum atomic E-state index is 9.18. The first-order valence-corrected chi connectivity index (χ1v) is 6.84. The molecule has 2 rings (SSSR count). The van der Waals surface area contributed by atoms with E-state index in [1.165, 1.54) is 0 Å². The monoisotopic (exact) mass is 262 g/mol. The van der Waals surface area contributed by atoms with Crippen LogP contribution in [0.3, 0.4) is 0 Å². The summed E-state index contributed by atoms with van der Waals surface area (Å²) in [6.07, 6.45) is 0. The van der Waals surface area contributed by atoms with Crippen LogP contribution < -0.4 is 5.32 Å². The normalized spacial score (nSPS) is 11.7. The summed E-state index contributed by atoms with van der Waals surface area (Å²) in [5.74, 6) is 0. The molecule has 0 aliphatic heterocycles. The van der Waals surface area contributed by atoms with Gasteiger partial charge < -0.3 is 10.4 Å². The van der Waals surface area contributed by atoms with Crippen molar-refractivity contribution in [1.29, 1.82) is 0 Å². The second kappa shape index (κ2) is 5.61. The van der Waals surface area contributed by atoms with E-state index in [0.29, 0.717) is 6.54 Å². The Kier molecular flexibility index (Phi) is 4.11. The summed E-state index contributed by atoms with van der Waals surface area (Å²) in [5.41, 5.74) is 1.89. The van der Waals surface area contributed by atoms with Crippen LogP contribution in [0.15, 0.2) is 35.7 Å². The van der Waals surface area contributed by atoms with Crippen molar-refractivity contribution in [2.75, 3.05) is 6.61 Å². The van der Waals surface area contributed by atoms with Crippen LogP contribution in [0.2, 0.25) is 0 Å². The molecule has 0 atom stereocenters. The summed E-state index contributed by atoms with van der Waals surface area (Å²) < 4.78 is 0. The number of nitrogens with one attached hydrogen (secondary N) is 1. The summed E-state index contributed by atoms with van der Waals surface area (Å²) >= 11 is 1.64. The van der Waals surface area contributed by atoms with E-state index in [4.69, 9.17) is 0 Å². The molecule has 0 radical (unpaired) electrons. The second-order valence-electron chi connectivity index (χ2n) is 4.89. The van der Waals surface area contributed by atoms with Gasteiger partial charge in [0.2, 0.25) is 0 Å². The molecule has 96 valence electrons. The summed E-state index contributed by atoms with van der Waals surface area (Å²) in [6, 6.07) is 10.2. The summed E-state index contributed by atoms with van der Waals surface area (Å²) in [7, 11) is 0. The van der Waals surface area contributed by atoms with Gasteiger partial charge in [-0.2, -0.15) is 0 Å². The van der Waals surface area contributed by atoms with E-state index in [1.54, 1.807) is 11.3 Å². The Hall–Kier alpha value is -1.23. The fourth-order valence-electron chi connectivity index (χ4n) is 1.50. The van der Waals surface area contributed by atoms with E-state index in [2.05, 4.69) is 27.8 Å². The third kappa shape index (κ3) is 3.38. The maximum Gasteiger partial charge on any atom is 0.107 e. The zero-order valence-corrected chi connectivity index (χ0v) is 11.5. The molecule has 0 amide bonds. The fourth-order valence-corrected chi connectivity index (χ4v) is 2.25. The molecule has 0 saturated carbocycles. The van der Waals surface area contributed by atoms with E-state index in [0.717, 1.165) is 16.3 Å². The van der Waals surface area contributed by atoms with Crippen LogP contribution in [0.5, 0.6) is 0 Å². The standard InChI is InChI=1S/C14H18N2OS/c1-14(2,10-17)15-8-13-16-12(9-18-13)11-6-4-3-5-7-11/h3-7,9,15,17H,8,10H2,1-2H3. The van der Waals surface area contributed by atoms with E-state index < -0.39 is 0 Å². The Labute approximate surface area is 112 Å². The number of thiazole rings is 1. The van der Waals surface area contributed by atoms with Gasteiger partial charge in [-0.25, -0.2) is 4.98 Å². The number of aliphatic hydroxyl groups is 1. The van der Waals surface area contributed by atoms with Gasteiger partial charge in [0.1, 0.15) is 5.01 Å². The zero-order valence-electron chi connectivity index (χ0n) is 10.7. The average Bonchev–Trinajstić information content (AvgIpc) is 2.86. The van der Waals surface area contributed by atoms with Crippen molar-refractivity contribution in [2.45, 2.75) is 25.9 Å². The lowest BCUT2D eigenvalue weighted by atomic mass is 10.1. The van der Waals surface area contributed by atoms with Crippen LogP contribution in [0, 0.1) is 0 Å². The van der Waals surface area contributed by atoms with Gasteiger partial charge in [-0.1, -0.05) is 30.3 Å². The molecule has 1 heterocycles. The van der Waals surface area contributed by atoms with E-state index in [1.807, 2.05) is 32.0 Å². The van der Waals surface area contributed by atoms with E-state index in [9.17, 15) is 5.11 Å². The molecular weight excluding hydrogens is 244 g/mol. The highest BCUT2D eigenvalue weighted by Crippen LogP contribution is 2.21. The number of hydrogen-bond acceptors (Lipinski definition) is 4. The topological polar surface area (TPSA) is 45.1 Å². The predicted octanol–water partition coefficient (Wildman–Crippen LogP) is 2.67. The quantitative estimate of drug-likeness (QED) is 0.871. The summed E-state index contributed by atoms with van der Waals surface area (Å²) in [6.45, 7) is 4.74. The van der Waals surface area contributed by atoms with Crippen LogP contribution >= 0.6 is 11.3 Å². The highest BCUT2D eigenvalue weighted by atomic mass is 32.1. The van der Waals surface area contributed by atoms with Crippen LogP contribution in [0.4, 0.5) is 0 Å². The number of hydrogen-bond donors (Lipinski definition) is 2. The fraction of sp³-hybridized carbons (Fsp3) is 0.357. The van der Waals surface area contributed by atoms with E-state index in [-0.39, 0.29) is 12.1 Å². The van der Waals surface area contributed by atoms with Crippen LogP contribution in [-0.4, -0.2) is 22.2 Å². The molecule has 4 heteroatoms.